The van der Waals surface area contributed by atoms with Gasteiger partial charge >= 0.3 is 0 Å². The first-order chi connectivity index (χ1) is 9.22. The Bertz CT molecular complexity index is 452. The largest absolute Gasteiger partial charge is 0.487 e. The van der Waals surface area contributed by atoms with Gasteiger partial charge in [0.15, 0.2) is 0 Å². The van der Waals surface area contributed by atoms with Crippen LogP contribution in [0.25, 0.3) is 5.76 Å². The molecule has 4 saturated carbocycles. The Morgan fingerprint density at radius 3 is 2.00 bits per heavy atom. The first-order valence-corrected chi connectivity index (χ1v) is 7.66. The molecule has 4 fully saturated rings. The third-order valence-corrected chi connectivity index (χ3v) is 5.42. The van der Waals surface area contributed by atoms with Crippen molar-refractivity contribution in [1.29, 1.82) is 0 Å². The molecular formula is C18H22O. The van der Waals surface area contributed by atoms with Crippen molar-refractivity contribution in [1.82, 2.24) is 0 Å². The van der Waals surface area contributed by atoms with Gasteiger partial charge in [-0.25, -0.2) is 0 Å². The van der Waals surface area contributed by atoms with Gasteiger partial charge in [0.2, 0.25) is 0 Å². The zero-order chi connectivity index (χ0) is 12.9. The van der Waals surface area contributed by atoms with Gasteiger partial charge in [-0.15, -0.1) is 0 Å². The van der Waals surface area contributed by atoms with Crippen molar-refractivity contribution in [3.05, 3.63) is 42.5 Å². The average molecular weight is 254 g/mol. The Balaban J connectivity index is 1.55. The number of ether oxygens (including phenoxy) is 1. The smallest absolute Gasteiger partial charge is 0.120 e. The van der Waals surface area contributed by atoms with E-state index in [1.165, 1.54) is 38.5 Å². The number of hydrogen-bond acceptors (Lipinski definition) is 1. The minimum atomic E-state index is 0.127. The van der Waals surface area contributed by atoms with E-state index < -0.39 is 0 Å². The van der Waals surface area contributed by atoms with Gasteiger partial charge in [0.25, 0.3) is 0 Å². The molecule has 1 aromatic rings. The monoisotopic (exact) mass is 254 g/mol. The third kappa shape index (κ3) is 2.00. The number of rotatable bonds is 3. The van der Waals surface area contributed by atoms with Crippen molar-refractivity contribution in [3.63, 3.8) is 0 Å². The highest BCUT2D eigenvalue weighted by Crippen LogP contribution is 2.57. The summed E-state index contributed by atoms with van der Waals surface area (Å²) in [6, 6.07) is 10.4. The van der Waals surface area contributed by atoms with E-state index in [9.17, 15) is 0 Å². The first kappa shape index (κ1) is 11.6. The van der Waals surface area contributed by atoms with Gasteiger partial charge in [0.1, 0.15) is 11.4 Å². The highest BCUT2D eigenvalue weighted by molar-refractivity contribution is 5.57. The normalized spacial score (nSPS) is 39.3. The zero-order valence-corrected chi connectivity index (χ0v) is 11.5. The summed E-state index contributed by atoms with van der Waals surface area (Å²) in [5.74, 6) is 3.65. The van der Waals surface area contributed by atoms with Gasteiger partial charge in [-0.3, -0.25) is 0 Å². The van der Waals surface area contributed by atoms with E-state index in [-0.39, 0.29) is 5.60 Å². The number of benzene rings is 1. The van der Waals surface area contributed by atoms with Crippen LogP contribution in [0, 0.1) is 17.8 Å². The lowest BCUT2D eigenvalue weighted by Crippen LogP contribution is -2.51. The van der Waals surface area contributed by atoms with Crippen LogP contribution >= 0.6 is 0 Å². The second-order valence-corrected chi connectivity index (χ2v) is 6.99. The van der Waals surface area contributed by atoms with Gasteiger partial charge < -0.3 is 4.74 Å². The van der Waals surface area contributed by atoms with Gasteiger partial charge in [-0.2, -0.15) is 0 Å². The molecule has 1 heteroatoms. The average Bonchev–Trinajstić information content (AvgIpc) is 2.37. The summed E-state index contributed by atoms with van der Waals surface area (Å²) in [6.45, 7) is 4.18. The summed E-state index contributed by atoms with van der Waals surface area (Å²) in [7, 11) is 0. The lowest BCUT2D eigenvalue weighted by Gasteiger charge is -2.56. The molecule has 0 aromatic heterocycles. The van der Waals surface area contributed by atoms with Crippen LogP contribution in [-0.4, -0.2) is 5.60 Å². The van der Waals surface area contributed by atoms with Crippen molar-refractivity contribution in [3.8, 4) is 0 Å². The summed E-state index contributed by atoms with van der Waals surface area (Å²) < 4.78 is 6.44. The molecule has 0 radical (unpaired) electrons. The summed E-state index contributed by atoms with van der Waals surface area (Å²) in [5, 5.41) is 0. The Morgan fingerprint density at radius 1 is 0.947 bits per heavy atom. The van der Waals surface area contributed by atoms with Crippen molar-refractivity contribution >= 4 is 5.76 Å². The van der Waals surface area contributed by atoms with Crippen molar-refractivity contribution < 1.29 is 4.74 Å². The molecule has 4 aliphatic carbocycles. The lowest BCUT2D eigenvalue weighted by atomic mass is 9.54. The lowest BCUT2D eigenvalue weighted by molar-refractivity contribution is -0.121. The summed E-state index contributed by atoms with van der Waals surface area (Å²) >= 11 is 0. The molecular weight excluding hydrogens is 232 g/mol. The Labute approximate surface area is 115 Å². The predicted molar refractivity (Wildman–Crippen MR) is 77.5 cm³/mol. The van der Waals surface area contributed by atoms with Crippen LogP contribution in [0.15, 0.2) is 36.9 Å². The number of hydrogen-bond donors (Lipinski definition) is 0. The topological polar surface area (TPSA) is 9.23 Å². The van der Waals surface area contributed by atoms with Gasteiger partial charge in [-0.1, -0.05) is 36.9 Å². The van der Waals surface area contributed by atoms with Crippen molar-refractivity contribution in [2.24, 2.45) is 17.8 Å². The summed E-state index contributed by atoms with van der Waals surface area (Å²) in [6.07, 6.45) is 8.18. The van der Waals surface area contributed by atoms with Crippen LogP contribution in [0.4, 0.5) is 0 Å². The van der Waals surface area contributed by atoms with Crippen molar-refractivity contribution in [2.45, 2.75) is 44.1 Å². The second kappa shape index (κ2) is 4.13. The maximum atomic E-state index is 6.44. The van der Waals surface area contributed by atoms with E-state index in [1.807, 2.05) is 6.07 Å². The molecule has 1 aromatic carbocycles. The van der Waals surface area contributed by atoms with E-state index in [4.69, 9.17) is 4.74 Å². The van der Waals surface area contributed by atoms with E-state index in [1.54, 1.807) is 0 Å². The van der Waals surface area contributed by atoms with Crippen LogP contribution in [0.2, 0.25) is 0 Å². The maximum Gasteiger partial charge on any atom is 0.120 e. The molecule has 0 spiro atoms. The summed E-state index contributed by atoms with van der Waals surface area (Å²) in [4.78, 5) is 0. The fourth-order valence-electron chi connectivity index (χ4n) is 5.10. The minimum Gasteiger partial charge on any atom is -0.487 e. The quantitative estimate of drug-likeness (QED) is 0.714. The standard InChI is InChI=1S/C18H22O/c1-13(17-5-3-2-4-6-17)19-18-10-14-7-15(11-18)9-16(8-14)12-18/h2-6,14-16H,1,7-12H2. The van der Waals surface area contributed by atoms with Gasteiger partial charge in [0.05, 0.1) is 0 Å². The van der Waals surface area contributed by atoms with Crippen LogP contribution < -0.4 is 0 Å². The first-order valence-electron chi connectivity index (χ1n) is 7.66. The molecule has 4 aliphatic rings. The Hall–Kier alpha value is -1.24. The minimum absolute atomic E-state index is 0.127. The highest BCUT2D eigenvalue weighted by Gasteiger charge is 2.52. The zero-order valence-electron chi connectivity index (χ0n) is 11.5. The molecule has 19 heavy (non-hydrogen) atoms. The van der Waals surface area contributed by atoms with E-state index in [0.717, 1.165) is 29.1 Å². The molecule has 0 atom stereocenters. The van der Waals surface area contributed by atoms with Crippen LogP contribution in [-0.2, 0) is 4.74 Å². The Morgan fingerprint density at radius 2 is 1.47 bits per heavy atom. The summed E-state index contributed by atoms with van der Waals surface area (Å²) in [5.41, 5.74) is 1.26. The maximum absolute atomic E-state index is 6.44. The molecule has 4 bridgehead atoms. The Kier molecular flexibility index (Phi) is 2.51. The second-order valence-electron chi connectivity index (χ2n) is 6.99. The predicted octanol–water partition coefficient (Wildman–Crippen LogP) is 4.64. The third-order valence-electron chi connectivity index (χ3n) is 5.42. The van der Waals surface area contributed by atoms with Gasteiger partial charge in [-0.05, 0) is 56.3 Å². The fourth-order valence-corrected chi connectivity index (χ4v) is 5.10. The van der Waals surface area contributed by atoms with Crippen LogP contribution in [0.1, 0.15) is 44.1 Å². The fraction of sp³-hybridized carbons (Fsp3) is 0.556. The van der Waals surface area contributed by atoms with Crippen LogP contribution in [0.5, 0.6) is 0 Å². The molecule has 0 N–H and O–H groups in total. The molecule has 5 rings (SSSR count). The molecule has 0 amide bonds. The highest BCUT2D eigenvalue weighted by atomic mass is 16.5. The molecule has 1 nitrogen and oxygen atoms in total. The van der Waals surface area contributed by atoms with E-state index >= 15 is 0 Å². The molecule has 0 aliphatic heterocycles. The van der Waals surface area contributed by atoms with Crippen molar-refractivity contribution in [2.75, 3.05) is 0 Å². The molecule has 0 saturated heterocycles. The molecule has 100 valence electrons. The SMILES string of the molecule is C=C(OC12CC3CC(CC(C3)C1)C2)c1ccccc1. The van der Waals surface area contributed by atoms with E-state index in [2.05, 4.69) is 30.8 Å². The van der Waals surface area contributed by atoms with E-state index in [0.29, 0.717) is 0 Å². The molecule has 0 unspecified atom stereocenters. The molecule has 0 heterocycles. The van der Waals surface area contributed by atoms with Crippen LogP contribution in [0.3, 0.4) is 0 Å². The van der Waals surface area contributed by atoms with Gasteiger partial charge in [0, 0.05) is 5.56 Å².